The Kier molecular flexibility index (Phi) is 2.76. The topological polar surface area (TPSA) is 61.3 Å². The van der Waals surface area contributed by atoms with Gasteiger partial charge in [-0.05, 0) is 31.2 Å². The lowest BCUT2D eigenvalue weighted by molar-refractivity contribution is 0.477. The third-order valence-corrected chi connectivity index (χ3v) is 2.90. The van der Waals surface area contributed by atoms with E-state index >= 15 is 0 Å². The van der Waals surface area contributed by atoms with Crippen LogP contribution in [0.2, 0.25) is 0 Å². The van der Waals surface area contributed by atoms with Crippen LogP contribution in [0.25, 0.3) is 11.0 Å². The second-order valence-electron chi connectivity index (χ2n) is 4.29. The van der Waals surface area contributed by atoms with Gasteiger partial charge in [-0.3, -0.25) is 0 Å². The van der Waals surface area contributed by atoms with Crippen LogP contribution < -0.4 is 0 Å². The molecule has 0 aliphatic carbocycles. The number of H-pyrrole nitrogens is 1. The standard InChI is InChI=1S/C15H13N3O/c1-10(16-13-8-4-5-9-14(13)19)15-17-11-6-2-3-7-12(11)18-15/h2-9,19H,1H3,(H,17,18). The summed E-state index contributed by atoms with van der Waals surface area (Å²) in [4.78, 5) is 12.1. The summed E-state index contributed by atoms with van der Waals surface area (Å²) in [6.45, 7) is 1.87. The number of aromatic nitrogens is 2. The minimum atomic E-state index is 0.165. The quantitative estimate of drug-likeness (QED) is 0.685. The highest BCUT2D eigenvalue weighted by Gasteiger charge is 2.06. The number of aliphatic imine (C=N–C) groups is 1. The smallest absolute Gasteiger partial charge is 0.152 e. The van der Waals surface area contributed by atoms with Crippen molar-refractivity contribution in [3.8, 4) is 5.75 Å². The third-order valence-electron chi connectivity index (χ3n) is 2.90. The molecule has 0 aliphatic rings. The zero-order valence-corrected chi connectivity index (χ0v) is 10.5. The van der Waals surface area contributed by atoms with Crippen LogP contribution in [0.3, 0.4) is 0 Å². The molecule has 0 saturated heterocycles. The van der Waals surface area contributed by atoms with E-state index in [1.165, 1.54) is 0 Å². The molecule has 0 unspecified atom stereocenters. The van der Waals surface area contributed by atoms with Gasteiger partial charge in [0.1, 0.15) is 11.4 Å². The molecule has 0 fully saturated rings. The number of aromatic hydroxyl groups is 1. The summed E-state index contributed by atoms with van der Waals surface area (Å²) in [5.74, 6) is 0.877. The first-order chi connectivity index (χ1) is 9.24. The lowest BCUT2D eigenvalue weighted by atomic mass is 10.3. The largest absolute Gasteiger partial charge is 0.506 e. The first-order valence-electron chi connectivity index (χ1n) is 6.02. The third kappa shape index (κ3) is 2.20. The van der Waals surface area contributed by atoms with Gasteiger partial charge in [-0.2, -0.15) is 0 Å². The fourth-order valence-electron chi connectivity index (χ4n) is 1.92. The summed E-state index contributed by atoms with van der Waals surface area (Å²) < 4.78 is 0. The van der Waals surface area contributed by atoms with Gasteiger partial charge < -0.3 is 10.1 Å². The molecule has 0 aliphatic heterocycles. The Bertz CT molecular complexity index is 726. The first kappa shape index (κ1) is 11.5. The molecule has 0 bridgehead atoms. The molecule has 1 aromatic heterocycles. The maximum absolute atomic E-state index is 9.71. The number of phenolic OH excluding ortho intramolecular Hbond substituents is 1. The van der Waals surface area contributed by atoms with E-state index < -0.39 is 0 Å². The Labute approximate surface area is 110 Å². The molecular weight excluding hydrogens is 238 g/mol. The van der Waals surface area contributed by atoms with Gasteiger partial charge in [0.2, 0.25) is 0 Å². The van der Waals surface area contributed by atoms with E-state index in [0.717, 1.165) is 16.7 Å². The van der Waals surface area contributed by atoms with Crippen molar-refractivity contribution in [1.29, 1.82) is 0 Å². The van der Waals surface area contributed by atoms with Crippen LogP contribution in [-0.4, -0.2) is 20.8 Å². The van der Waals surface area contributed by atoms with Gasteiger partial charge in [0.05, 0.1) is 16.7 Å². The van der Waals surface area contributed by atoms with Crippen LogP contribution in [-0.2, 0) is 0 Å². The van der Waals surface area contributed by atoms with Gasteiger partial charge in [0.15, 0.2) is 5.82 Å². The van der Waals surface area contributed by atoms with Gasteiger partial charge in [0.25, 0.3) is 0 Å². The average molecular weight is 251 g/mol. The van der Waals surface area contributed by atoms with Gasteiger partial charge in [-0.1, -0.05) is 24.3 Å². The second kappa shape index (κ2) is 4.57. The van der Waals surface area contributed by atoms with E-state index in [-0.39, 0.29) is 5.75 Å². The summed E-state index contributed by atoms with van der Waals surface area (Å²) in [7, 11) is 0. The molecular formula is C15H13N3O. The van der Waals surface area contributed by atoms with Gasteiger partial charge in [0, 0.05) is 0 Å². The number of rotatable bonds is 2. The fourth-order valence-corrected chi connectivity index (χ4v) is 1.92. The van der Waals surface area contributed by atoms with E-state index in [1.807, 2.05) is 37.3 Å². The molecule has 94 valence electrons. The Morgan fingerprint density at radius 3 is 2.63 bits per heavy atom. The van der Waals surface area contributed by atoms with E-state index in [9.17, 15) is 5.11 Å². The normalized spacial score (nSPS) is 11.9. The summed E-state index contributed by atoms with van der Waals surface area (Å²) in [5, 5.41) is 9.71. The maximum atomic E-state index is 9.71. The number of para-hydroxylation sites is 4. The Balaban J connectivity index is 2.04. The predicted molar refractivity (Wildman–Crippen MR) is 76.1 cm³/mol. The molecule has 0 saturated carbocycles. The SMILES string of the molecule is CC(=Nc1ccccc1O)c1nc2ccccc2[nH]1. The van der Waals surface area contributed by atoms with E-state index in [4.69, 9.17) is 0 Å². The molecule has 3 aromatic rings. The second-order valence-corrected chi connectivity index (χ2v) is 4.29. The highest BCUT2D eigenvalue weighted by atomic mass is 16.3. The molecule has 4 heteroatoms. The zero-order chi connectivity index (χ0) is 13.2. The Morgan fingerprint density at radius 1 is 1.11 bits per heavy atom. The lowest BCUT2D eigenvalue weighted by Gasteiger charge is -1.99. The van der Waals surface area contributed by atoms with Gasteiger partial charge in [-0.25, -0.2) is 9.98 Å². The van der Waals surface area contributed by atoms with Crippen molar-refractivity contribution >= 4 is 22.4 Å². The number of nitrogens with one attached hydrogen (secondary N) is 1. The number of imidazole rings is 1. The van der Waals surface area contributed by atoms with E-state index in [0.29, 0.717) is 11.5 Å². The maximum Gasteiger partial charge on any atom is 0.152 e. The van der Waals surface area contributed by atoms with Gasteiger partial charge >= 0.3 is 0 Å². The lowest BCUT2D eigenvalue weighted by Crippen LogP contribution is -1.96. The Hall–Kier alpha value is -2.62. The van der Waals surface area contributed by atoms with Crippen molar-refractivity contribution in [2.24, 2.45) is 4.99 Å². The average Bonchev–Trinajstić information content (AvgIpc) is 2.85. The highest BCUT2D eigenvalue weighted by Crippen LogP contribution is 2.25. The van der Waals surface area contributed by atoms with Crippen LogP contribution in [0.15, 0.2) is 53.5 Å². The molecule has 0 atom stereocenters. The number of hydrogen-bond donors (Lipinski definition) is 2. The molecule has 3 rings (SSSR count). The number of hydrogen-bond acceptors (Lipinski definition) is 3. The summed E-state index contributed by atoms with van der Waals surface area (Å²) in [5.41, 5.74) is 3.16. The highest BCUT2D eigenvalue weighted by molar-refractivity contribution is 5.99. The molecule has 19 heavy (non-hydrogen) atoms. The summed E-state index contributed by atoms with van der Waals surface area (Å²) in [6, 6.07) is 14.8. The van der Waals surface area contributed by atoms with Crippen molar-refractivity contribution in [2.75, 3.05) is 0 Å². The molecule has 1 heterocycles. The fraction of sp³-hybridized carbons (Fsp3) is 0.0667. The minimum Gasteiger partial charge on any atom is -0.506 e. The van der Waals surface area contributed by atoms with E-state index in [2.05, 4.69) is 15.0 Å². The van der Waals surface area contributed by atoms with Crippen LogP contribution in [0.5, 0.6) is 5.75 Å². The molecule has 2 N–H and O–H groups in total. The van der Waals surface area contributed by atoms with Crippen LogP contribution in [0.4, 0.5) is 5.69 Å². The van der Waals surface area contributed by atoms with Crippen LogP contribution >= 0.6 is 0 Å². The molecule has 4 nitrogen and oxygen atoms in total. The molecule has 0 spiro atoms. The van der Waals surface area contributed by atoms with Crippen molar-refractivity contribution in [1.82, 2.24) is 9.97 Å². The number of fused-ring (bicyclic) bond motifs is 1. The minimum absolute atomic E-state index is 0.165. The first-order valence-corrected chi connectivity index (χ1v) is 6.02. The Morgan fingerprint density at radius 2 is 1.84 bits per heavy atom. The van der Waals surface area contributed by atoms with Crippen molar-refractivity contribution in [2.45, 2.75) is 6.92 Å². The van der Waals surface area contributed by atoms with Crippen LogP contribution in [0.1, 0.15) is 12.7 Å². The van der Waals surface area contributed by atoms with Gasteiger partial charge in [-0.15, -0.1) is 0 Å². The molecule has 0 amide bonds. The number of aromatic amines is 1. The summed E-state index contributed by atoms with van der Waals surface area (Å²) in [6.07, 6.45) is 0. The van der Waals surface area contributed by atoms with Crippen LogP contribution in [0, 0.1) is 0 Å². The number of benzene rings is 2. The predicted octanol–water partition coefficient (Wildman–Crippen LogP) is 3.41. The zero-order valence-electron chi connectivity index (χ0n) is 10.5. The summed E-state index contributed by atoms with van der Waals surface area (Å²) >= 11 is 0. The number of phenols is 1. The van der Waals surface area contributed by atoms with Crippen molar-refractivity contribution in [3.63, 3.8) is 0 Å². The monoisotopic (exact) mass is 251 g/mol. The van der Waals surface area contributed by atoms with E-state index in [1.54, 1.807) is 18.2 Å². The van der Waals surface area contributed by atoms with Crippen molar-refractivity contribution < 1.29 is 5.11 Å². The number of nitrogens with zero attached hydrogens (tertiary/aromatic N) is 2. The van der Waals surface area contributed by atoms with Crippen molar-refractivity contribution in [3.05, 3.63) is 54.4 Å². The molecule has 2 aromatic carbocycles. The molecule has 0 radical (unpaired) electrons.